The average Bonchev–Trinajstić information content (AvgIpc) is 2.28. The first-order valence-electron chi connectivity index (χ1n) is 5.34. The SMILES string of the molecule is CCOC(=O)CS(=O)(=O)N(C)c1ccc(N)cc1. The lowest BCUT2D eigenvalue weighted by molar-refractivity contribution is -0.139. The predicted molar refractivity (Wildman–Crippen MR) is 69.7 cm³/mol. The van der Waals surface area contributed by atoms with Gasteiger partial charge in [0.1, 0.15) is 0 Å². The van der Waals surface area contributed by atoms with E-state index in [1.165, 1.54) is 7.05 Å². The van der Waals surface area contributed by atoms with Crippen LogP contribution < -0.4 is 10.0 Å². The molecule has 0 aliphatic heterocycles. The summed E-state index contributed by atoms with van der Waals surface area (Å²) in [5.74, 6) is -1.44. The maximum absolute atomic E-state index is 11.9. The molecule has 0 amide bonds. The summed E-state index contributed by atoms with van der Waals surface area (Å²) in [6, 6.07) is 6.31. The number of rotatable bonds is 5. The monoisotopic (exact) mass is 272 g/mol. The Morgan fingerprint density at radius 2 is 1.89 bits per heavy atom. The zero-order chi connectivity index (χ0) is 13.8. The highest BCUT2D eigenvalue weighted by Gasteiger charge is 2.23. The van der Waals surface area contributed by atoms with Crippen molar-refractivity contribution in [1.82, 2.24) is 0 Å². The zero-order valence-corrected chi connectivity index (χ0v) is 11.1. The van der Waals surface area contributed by atoms with E-state index in [1.54, 1.807) is 31.2 Å². The number of carbonyl (C=O) groups excluding carboxylic acids is 1. The number of nitrogens with zero attached hydrogens (tertiary/aromatic N) is 1. The molecule has 0 fully saturated rings. The van der Waals surface area contributed by atoms with Gasteiger partial charge < -0.3 is 10.5 Å². The normalized spacial score (nSPS) is 11.0. The Balaban J connectivity index is 2.85. The molecule has 0 saturated carbocycles. The van der Waals surface area contributed by atoms with E-state index < -0.39 is 21.7 Å². The second-order valence-corrected chi connectivity index (χ2v) is 5.62. The first-order chi connectivity index (χ1) is 8.36. The molecule has 1 aromatic carbocycles. The van der Waals surface area contributed by atoms with E-state index in [1.807, 2.05) is 0 Å². The first-order valence-corrected chi connectivity index (χ1v) is 6.95. The number of benzene rings is 1. The van der Waals surface area contributed by atoms with Crippen LogP contribution in [0.15, 0.2) is 24.3 Å². The largest absolute Gasteiger partial charge is 0.465 e. The molecule has 0 aliphatic carbocycles. The molecule has 0 heterocycles. The minimum Gasteiger partial charge on any atom is -0.465 e. The molecular weight excluding hydrogens is 256 g/mol. The first kappa shape index (κ1) is 14.3. The molecule has 0 aromatic heterocycles. The molecule has 6 nitrogen and oxygen atoms in total. The number of carbonyl (C=O) groups is 1. The van der Waals surface area contributed by atoms with Crippen molar-refractivity contribution in [1.29, 1.82) is 0 Å². The number of nitrogens with two attached hydrogens (primary N) is 1. The standard InChI is InChI=1S/C11H16N2O4S/c1-3-17-11(14)8-18(15,16)13(2)10-6-4-9(12)5-7-10/h4-7H,3,8,12H2,1-2H3. The van der Waals surface area contributed by atoms with Crippen molar-refractivity contribution in [3.63, 3.8) is 0 Å². The fourth-order valence-corrected chi connectivity index (χ4v) is 2.31. The maximum Gasteiger partial charge on any atom is 0.323 e. The molecule has 18 heavy (non-hydrogen) atoms. The van der Waals surface area contributed by atoms with Gasteiger partial charge in [-0.3, -0.25) is 9.10 Å². The van der Waals surface area contributed by atoms with Crippen LogP contribution in [0.3, 0.4) is 0 Å². The van der Waals surface area contributed by atoms with Crippen molar-refractivity contribution >= 4 is 27.4 Å². The number of hydrogen-bond acceptors (Lipinski definition) is 5. The van der Waals surface area contributed by atoms with Gasteiger partial charge in [0.2, 0.25) is 10.0 Å². The van der Waals surface area contributed by atoms with Gasteiger partial charge in [-0.05, 0) is 31.2 Å². The Kier molecular flexibility index (Phi) is 4.55. The molecular formula is C11H16N2O4S. The van der Waals surface area contributed by atoms with Gasteiger partial charge in [0.15, 0.2) is 5.75 Å². The predicted octanol–water partition coefficient (Wildman–Crippen LogP) is 0.598. The van der Waals surface area contributed by atoms with Crippen LogP contribution in [0.1, 0.15) is 6.92 Å². The third-order valence-electron chi connectivity index (χ3n) is 2.28. The summed E-state index contributed by atoms with van der Waals surface area (Å²) < 4.78 is 29.4. The maximum atomic E-state index is 11.9. The summed E-state index contributed by atoms with van der Waals surface area (Å²) in [4.78, 5) is 11.2. The van der Waals surface area contributed by atoms with Crippen molar-refractivity contribution in [2.24, 2.45) is 0 Å². The quantitative estimate of drug-likeness (QED) is 0.626. The van der Waals surface area contributed by atoms with Gasteiger partial charge >= 0.3 is 5.97 Å². The number of esters is 1. The minimum absolute atomic E-state index is 0.153. The van der Waals surface area contributed by atoms with Crippen LogP contribution in [-0.4, -0.2) is 33.8 Å². The van der Waals surface area contributed by atoms with Crippen molar-refractivity contribution in [2.75, 3.05) is 29.4 Å². The minimum atomic E-state index is -3.73. The van der Waals surface area contributed by atoms with Gasteiger partial charge in [-0.25, -0.2) is 8.42 Å². The Bertz CT molecular complexity index is 510. The average molecular weight is 272 g/mol. The van der Waals surface area contributed by atoms with Crippen LogP contribution in [0.2, 0.25) is 0 Å². The van der Waals surface area contributed by atoms with E-state index in [2.05, 4.69) is 4.74 Å². The van der Waals surface area contributed by atoms with Gasteiger partial charge in [0.05, 0.1) is 12.3 Å². The van der Waals surface area contributed by atoms with E-state index in [0.717, 1.165) is 4.31 Å². The van der Waals surface area contributed by atoms with E-state index in [9.17, 15) is 13.2 Å². The molecule has 0 bridgehead atoms. The van der Waals surface area contributed by atoms with Gasteiger partial charge in [-0.2, -0.15) is 0 Å². The van der Waals surface area contributed by atoms with E-state index >= 15 is 0 Å². The Morgan fingerprint density at radius 3 is 2.39 bits per heavy atom. The van der Waals surface area contributed by atoms with Crippen molar-refractivity contribution in [3.05, 3.63) is 24.3 Å². The van der Waals surface area contributed by atoms with Crippen LogP contribution >= 0.6 is 0 Å². The number of ether oxygens (including phenoxy) is 1. The second kappa shape index (κ2) is 5.72. The summed E-state index contributed by atoms with van der Waals surface area (Å²) in [5.41, 5.74) is 6.49. The van der Waals surface area contributed by atoms with Crippen molar-refractivity contribution in [2.45, 2.75) is 6.92 Å². The Labute approximate surface area is 106 Å². The molecule has 7 heteroatoms. The van der Waals surface area contributed by atoms with E-state index in [4.69, 9.17) is 5.73 Å². The summed E-state index contributed by atoms with van der Waals surface area (Å²) in [5, 5.41) is 0. The van der Waals surface area contributed by atoms with Gasteiger partial charge in [-0.15, -0.1) is 0 Å². The summed E-state index contributed by atoms with van der Waals surface area (Å²) in [6.07, 6.45) is 0. The zero-order valence-electron chi connectivity index (χ0n) is 10.3. The number of hydrogen-bond donors (Lipinski definition) is 1. The molecule has 0 saturated heterocycles. The molecule has 0 atom stereocenters. The van der Waals surface area contributed by atoms with Crippen molar-refractivity contribution < 1.29 is 17.9 Å². The number of sulfonamides is 1. The summed E-state index contributed by atoms with van der Waals surface area (Å²) in [6.45, 7) is 1.77. The van der Waals surface area contributed by atoms with E-state index in [0.29, 0.717) is 11.4 Å². The van der Waals surface area contributed by atoms with E-state index in [-0.39, 0.29) is 6.61 Å². The Hall–Kier alpha value is -1.76. The van der Waals surface area contributed by atoms with Crippen LogP contribution in [0.4, 0.5) is 11.4 Å². The molecule has 1 rings (SSSR count). The number of anilines is 2. The highest BCUT2D eigenvalue weighted by atomic mass is 32.2. The lowest BCUT2D eigenvalue weighted by atomic mass is 10.3. The van der Waals surface area contributed by atoms with Gasteiger partial charge in [0, 0.05) is 12.7 Å². The Morgan fingerprint density at radius 1 is 1.33 bits per heavy atom. The second-order valence-electron chi connectivity index (χ2n) is 3.62. The third-order valence-corrected chi connectivity index (χ3v) is 3.93. The molecule has 100 valence electrons. The smallest absolute Gasteiger partial charge is 0.323 e. The third kappa shape index (κ3) is 3.63. The molecule has 0 radical (unpaired) electrons. The van der Waals surface area contributed by atoms with Crippen LogP contribution in [0.5, 0.6) is 0 Å². The highest BCUT2D eigenvalue weighted by molar-refractivity contribution is 7.93. The lowest BCUT2D eigenvalue weighted by Crippen LogP contribution is -2.33. The lowest BCUT2D eigenvalue weighted by Gasteiger charge is -2.18. The number of nitrogen functional groups attached to an aromatic ring is 1. The van der Waals surface area contributed by atoms with Gasteiger partial charge in [-0.1, -0.05) is 0 Å². The highest BCUT2D eigenvalue weighted by Crippen LogP contribution is 2.18. The fraction of sp³-hybridized carbons (Fsp3) is 0.364. The topological polar surface area (TPSA) is 89.7 Å². The summed E-state index contributed by atoms with van der Waals surface area (Å²) in [7, 11) is -2.35. The van der Waals surface area contributed by atoms with Crippen LogP contribution in [-0.2, 0) is 19.6 Å². The molecule has 0 spiro atoms. The van der Waals surface area contributed by atoms with Crippen LogP contribution in [0, 0.1) is 0 Å². The van der Waals surface area contributed by atoms with Crippen molar-refractivity contribution in [3.8, 4) is 0 Å². The van der Waals surface area contributed by atoms with Gasteiger partial charge in [0.25, 0.3) is 0 Å². The molecule has 2 N–H and O–H groups in total. The molecule has 1 aromatic rings. The molecule has 0 aliphatic rings. The van der Waals surface area contributed by atoms with Crippen LogP contribution in [0.25, 0.3) is 0 Å². The fourth-order valence-electron chi connectivity index (χ4n) is 1.29. The molecule has 0 unspecified atom stereocenters. The summed E-state index contributed by atoms with van der Waals surface area (Å²) >= 11 is 0.